The van der Waals surface area contributed by atoms with Gasteiger partial charge >= 0.3 is 5.97 Å². The van der Waals surface area contributed by atoms with Gasteiger partial charge in [0.15, 0.2) is 5.96 Å². The molecule has 0 radical (unpaired) electrons. The Balaban J connectivity index is 0.906. The largest absolute Gasteiger partial charge is 0.480 e. The number of rotatable bonds is 60. The van der Waals surface area contributed by atoms with Crippen LogP contribution in [0.15, 0.2) is 75.1 Å². The van der Waals surface area contributed by atoms with Crippen LogP contribution in [0.2, 0.25) is 0 Å². The molecule has 0 aromatic carbocycles. The molecule has 0 aliphatic carbocycles. The summed E-state index contributed by atoms with van der Waals surface area (Å²) in [5, 5.41) is 63.2. The summed E-state index contributed by atoms with van der Waals surface area (Å²) in [6, 6.07) is -17.7. The van der Waals surface area contributed by atoms with E-state index in [1.54, 1.807) is 41.5 Å². The molecule has 764 valence electrons. The molecule has 54 nitrogen and oxygen atoms in total. The Morgan fingerprint density at radius 1 is 0.386 bits per heavy atom. The highest BCUT2D eigenvalue weighted by atomic mass is 32.1. The number of thiol groups is 1. The minimum absolute atomic E-state index is 0.0287. The molecular formula is C85H128N34O20S. The zero-order chi connectivity index (χ0) is 103. The second-order valence-electron chi connectivity index (χ2n) is 34.8. The standard InChI is InChI=1S/C85H128N34O20S/c1-43(2)15-55(110-72(126)53(86)36-140)75(129)101-35-70(125)119-14-10-12-64(119)82(136)116-56(16-44(3)4)74(128)100-34-69(124)118-71(46(7)8)83(137)109-54(11-9-13-95-85(87)88)73(127)99-32-67(122)97-30-65(120)96-31-66(121)98-33-68(123)108-57(17-45(5)6)76(130)111-58(18-47-24-89-37-102-47)77(131)112-59(19-48-25-90-38-103-48)78(132)113-60(20-49-26-91-39-104-49)79(133)114-61(21-50-27-92-40-105-50)80(134)115-62(22-51-28-93-41-106-51)81(135)117-63(84(138)139)23-52-29-94-42-107-52/h24-29,37-46,53-64,71,140H,9-23,30-36,86H2,1-8H3,(H,89,102)(H,90,103)(H,91,104)(H,92,105)(H,93,106)(H,94,107)(H,96,120)(H,97,122)(H,98,121)(H,99,127)(H,100,128)(H,101,129)(H,108,123)(H,109,137)(H,110,126)(H,111,130)(H,112,131)(H,113,132)(H,114,133)(H,115,134)(H,116,136)(H,117,135)(H,118,124)(H,138,139)(H4,87,88,95)/t53-,54-,55-,56-,57-,58-,59-,60-,61-,62-,63-,64-,71-/m0/s1. The lowest BCUT2D eigenvalue weighted by atomic mass is 10.0. The van der Waals surface area contributed by atoms with Gasteiger partial charge in [-0.25, -0.2) is 34.7 Å². The van der Waals surface area contributed by atoms with Crippen molar-refractivity contribution in [1.29, 1.82) is 5.41 Å². The Labute approximate surface area is 809 Å². The van der Waals surface area contributed by atoms with Crippen molar-refractivity contribution >= 4 is 131 Å². The Kier molecular flexibility index (Phi) is 45.6. The molecular weight excluding hydrogens is 1850 g/mol. The molecule has 13 atom stereocenters. The van der Waals surface area contributed by atoms with Gasteiger partial charge in [-0.2, -0.15) is 12.6 Å². The highest BCUT2D eigenvalue weighted by Gasteiger charge is 2.41. The van der Waals surface area contributed by atoms with Crippen LogP contribution in [0.5, 0.6) is 0 Å². The summed E-state index contributed by atoms with van der Waals surface area (Å²) in [7, 11) is 0. The smallest absolute Gasteiger partial charge is 0.326 e. The third-order valence-electron chi connectivity index (χ3n) is 21.5. The first-order chi connectivity index (χ1) is 66.6. The quantitative estimate of drug-likeness (QED) is 0.00730. The molecule has 7 rings (SSSR count). The average molecular weight is 1980 g/mol. The van der Waals surface area contributed by atoms with Crippen LogP contribution in [0.25, 0.3) is 0 Å². The molecule has 7 heterocycles. The molecule has 1 aliphatic heterocycles. The monoisotopic (exact) mass is 1980 g/mol. The van der Waals surface area contributed by atoms with E-state index >= 15 is 0 Å². The molecule has 0 unspecified atom stereocenters. The lowest BCUT2D eigenvalue weighted by molar-refractivity contribution is -0.142. The number of H-pyrrole nitrogens is 6. The van der Waals surface area contributed by atoms with E-state index in [9.17, 15) is 96.2 Å². The summed E-state index contributed by atoms with van der Waals surface area (Å²) < 4.78 is 0. The van der Waals surface area contributed by atoms with Crippen LogP contribution in [0.1, 0.15) is 134 Å². The normalized spacial score (nSPS) is 14.8. The summed E-state index contributed by atoms with van der Waals surface area (Å²) in [5.41, 5.74) is 12.8. The minimum atomic E-state index is -1.60. The molecule has 0 bridgehead atoms. The first-order valence-electron chi connectivity index (χ1n) is 45.4. The summed E-state index contributed by atoms with van der Waals surface area (Å²) in [6.45, 7) is 9.95. The lowest BCUT2D eigenvalue weighted by Gasteiger charge is -2.28. The van der Waals surface area contributed by atoms with Crippen molar-refractivity contribution in [3.63, 3.8) is 0 Å². The maximum Gasteiger partial charge on any atom is 0.326 e. The number of nitrogens with one attached hydrogen (secondary N) is 25. The van der Waals surface area contributed by atoms with Crippen molar-refractivity contribution in [3.8, 4) is 0 Å². The van der Waals surface area contributed by atoms with E-state index in [4.69, 9.17) is 16.9 Å². The molecule has 0 saturated carbocycles. The zero-order valence-corrected chi connectivity index (χ0v) is 79.6. The summed E-state index contributed by atoms with van der Waals surface area (Å²) in [5.74, 6) is -18.1. The van der Waals surface area contributed by atoms with Gasteiger partial charge in [0.1, 0.15) is 72.5 Å². The van der Waals surface area contributed by atoms with Gasteiger partial charge in [-0.15, -0.1) is 0 Å². The van der Waals surface area contributed by atoms with Gasteiger partial charge in [-0.3, -0.25) is 91.7 Å². The molecule has 1 aliphatic rings. The first kappa shape index (κ1) is 112. The molecule has 1 fully saturated rings. The fraction of sp³-hybridized carbons (Fsp3) is 0.553. The topological polar surface area (TPSA) is 812 Å². The third kappa shape index (κ3) is 39.1. The molecule has 6 aromatic rings. The number of carbonyl (C=O) groups is 19. The molecule has 140 heavy (non-hydrogen) atoms. The summed E-state index contributed by atoms with van der Waals surface area (Å²) in [4.78, 5) is 304. The van der Waals surface area contributed by atoms with Crippen LogP contribution in [0, 0.1) is 29.1 Å². The van der Waals surface area contributed by atoms with Gasteiger partial charge in [0, 0.05) is 94.5 Å². The van der Waals surface area contributed by atoms with E-state index in [1.807, 2.05) is 13.8 Å². The molecule has 6 aromatic heterocycles. The SMILES string of the molecule is CC(C)C[C@H](NC(=O)CNC(=O)CNC(=O)CNC(=O)CNC(=O)[C@H](CCCNC(=N)N)NC(=O)[C@@H](NC(=O)CNC(=O)[C@H](CC(C)C)NC(=O)[C@@H]1CCCN1C(=O)CNC(=O)[C@H](CC(C)C)NC(=O)[C@@H](N)CS)C(C)C)C(=O)N[C@@H](Cc1c[nH]cn1)C(=O)N[C@@H](Cc1c[nH]cn1)C(=O)N[C@@H](Cc1c[nH]cn1)C(=O)N[C@@H](Cc1c[nH]cn1)C(=O)N[C@@H](Cc1c[nH]cn1)C(=O)N[C@@H](Cc1c[nH]cn1)C(=O)O. The predicted molar refractivity (Wildman–Crippen MR) is 500 cm³/mol. The van der Waals surface area contributed by atoms with Crippen molar-refractivity contribution in [3.05, 3.63) is 109 Å². The molecule has 1 saturated heterocycles. The number of aromatic nitrogens is 12. The van der Waals surface area contributed by atoms with Crippen LogP contribution in [0.3, 0.4) is 0 Å². The Morgan fingerprint density at radius 2 is 0.693 bits per heavy atom. The van der Waals surface area contributed by atoms with Gasteiger partial charge in [0.2, 0.25) is 106 Å². The van der Waals surface area contributed by atoms with Crippen LogP contribution in [-0.4, -0.2) is 325 Å². The van der Waals surface area contributed by atoms with Gasteiger partial charge in [0.25, 0.3) is 0 Å². The van der Waals surface area contributed by atoms with Gasteiger partial charge < -0.3 is 147 Å². The van der Waals surface area contributed by atoms with E-state index in [0.29, 0.717) is 12.1 Å². The van der Waals surface area contributed by atoms with Gasteiger partial charge in [0.05, 0.1) is 117 Å². The zero-order valence-electron chi connectivity index (χ0n) is 78.7. The number of hydrogen-bond donors (Lipinski definition) is 29. The van der Waals surface area contributed by atoms with Crippen molar-refractivity contribution in [2.45, 2.75) is 217 Å². The van der Waals surface area contributed by atoms with E-state index in [0.717, 1.165) is 0 Å². The first-order valence-corrected chi connectivity index (χ1v) is 46.0. The third-order valence-corrected chi connectivity index (χ3v) is 21.9. The number of aliphatic carboxylic acids is 1. The molecule has 0 spiro atoms. The maximum atomic E-state index is 14.9. The second kappa shape index (κ2) is 57.1. The van der Waals surface area contributed by atoms with E-state index in [2.05, 4.69) is 168 Å². The van der Waals surface area contributed by atoms with E-state index < -0.39 is 242 Å². The van der Waals surface area contributed by atoms with Crippen molar-refractivity contribution in [2.24, 2.45) is 35.1 Å². The average Bonchev–Trinajstić information content (AvgIpc) is 1.64. The van der Waals surface area contributed by atoms with Gasteiger partial charge in [-0.05, 0) is 68.6 Å². The van der Waals surface area contributed by atoms with Crippen LogP contribution < -0.4 is 107 Å². The van der Waals surface area contributed by atoms with Crippen molar-refractivity contribution < 1.29 is 96.2 Å². The van der Waals surface area contributed by atoms with E-state index in [-0.39, 0.29) is 142 Å². The summed E-state index contributed by atoms with van der Waals surface area (Å²) in [6.07, 6.45) is 15.7. The van der Waals surface area contributed by atoms with Crippen LogP contribution in [-0.2, 0) is 130 Å². The lowest BCUT2D eigenvalue weighted by Crippen LogP contribution is -2.61. The number of carboxylic acid groups (broad SMARTS) is 1. The van der Waals surface area contributed by atoms with Crippen molar-refractivity contribution in [2.75, 3.05) is 58.1 Å². The molecule has 55 heteroatoms. The fourth-order valence-corrected chi connectivity index (χ4v) is 14.5. The number of guanidine groups is 1. The fourth-order valence-electron chi connectivity index (χ4n) is 14.4. The highest BCUT2D eigenvalue weighted by molar-refractivity contribution is 7.80. The number of aromatic amines is 6. The highest BCUT2D eigenvalue weighted by Crippen LogP contribution is 2.20. The Hall–Kier alpha value is -15.2. The van der Waals surface area contributed by atoms with Crippen molar-refractivity contribution in [1.82, 2.24) is 160 Å². The van der Waals surface area contributed by atoms with E-state index in [1.165, 1.54) is 80.0 Å². The number of imidazole rings is 6. The number of carboxylic acids is 1. The number of nitrogens with two attached hydrogens (primary N) is 2. The minimum Gasteiger partial charge on any atom is -0.480 e. The number of amides is 18. The number of nitrogens with zero attached hydrogens (tertiary/aromatic N) is 7. The van der Waals surface area contributed by atoms with Gasteiger partial charge in [-0.1, -0.05) is 55.4 Å². The second-order valence-corrected chi connectivity index (χ2v) is 35.1. The predicted octanol–water partition coefficient (Wildman–Crippen LogP) is -8.80. The summed E-state index contributed by atoms with van der Waals surface area (Å²) >= 11 is 4.04. The Morgan fingerprint density at radius 3 is 1.04 bits per heavy atom. The number of hydrogen-bond acceptors (Lipinski definition) is 28. The van der Waals surface area contributed by atoms with Crippen LogP contribution >= 0.6 is 12.6 Å². The molecule has 30 N–H and O–H groups in total. The number of carbonyl (C=O) groups excluding carboxylic acids is 18. The molecule has 18 amide bonds. The number of likely N-dealkylation sites (tertiary alicyclic amines) is 1. The maximum absolute atomic E-state index is 14.9. The Bertz CT molecular complexity index is 5100. The van der Waals surface area contributed by atoms with Crippen LogP contribution in [0.4, 0.5) is 0 Å².